The van der Waals surface area contributed by atoms with E-state index >= 15 is 0 Å². The minimum atomic E-state index is -1.03. The fourth-order valence-electron chi connectivity index (χ4n) is 1.60. The molecule has 1 rings (SSSR count). The molecular formula is C13H16ClNO3. The number of rotatable bonds is 5. The smallest absolute Gasteiger partial charge is 0.326 e. The minimum absolute atomic E-state index is 0.305. The number of hydrogen-bond donors (Lipinski definition) is 2. The first-order valence-electron chi connectivity index (χ1n) is 5.76. The van der Waals surface area contributed by atoms with Gasteiger partial charge in [-0.3, -0.25) is 4.79 Å². The molecule has 0 spiro atoms. The normalized spacial score (nSPS) is 11.9. The molecule has 0 saturated carbocycles. The van der Waals surface area contributed by atoms with Crippen LogP contribution in [0.25, 0.3) is 0 Å². The summed E-state index contributed by atoms with van der Waals surface area (Å²) in [6.07, 6.45) is 1.07. The topological polar surface area (TPSA) is 66.4 Å². The fourth-order valence-corrected chi connectivity index (χ4v) is 1.82. The minimum Gasteiger partial charge on any atom is -0.480 e. The monoisotopic (exact) mass is 269 g/mol. The summed E-state index contributed by atoms with van der Waals surface area (Å²) < 4.78 is 0. The average Bonchev–Trinajstić information content (AvgIpc) is 2.31. The lowest BCUT2D eigenvalue weighted by Gasteiger charge is -2.14. The molecule has 0 bridgehead atoms. The number of halogens is 1. The first-order valence-corrected chi connectivity index (χ1v) is 6.14. The molecule has 1 aromatic rings. The molecule has 5 heteroatoms. The van der Waals surface area contributed by atoms with Crippen molar-refractivity contribution in [3.05, 3.63) is 34.3 Å². The molecule has 18 heavy (non-hydrogen) atoms. The largest absolute Gasteiger partial charge is 0.480 e. The Balaban J connectivity index is 2.87. The zero-order chi connectivity index (χ0) is 13.7. The molecule has 0 aliphatic rings. The van der Waals surface area contributed by atoms with Crippen molar-refractivity contribution in [3.63, 3.8) is 0 Å². The molecule has 0 aliphatic carbocycles. The van der Waals surface area contributed by atoms with Crippen LogP contribution in [0.15, 0.2) is 18.2 Å². The summed E-state index contributed by atoms with van der Waals surface area (Å²) in [6.45, 7) is 3.65. The standard InChI is InChI=1S/C13H16ClNO3/c1-3-5-10(13(17)18)15-12(16)9-7-4-6-8(2)11(9)14/h4,6-7,10H,3,5H2,1-2H3,(H,15,16)(H,17,18). The Bertz CT molecular complexity index is 460. The molecule has 4 nitrogen and oxygen atoms in total. The Morgan fingerprint density at radius 1 is 1.44 bits per heavy atom. The molecule has 0 heterocycles. The van der Waals surface area contributed by atoms with E-state index in [2.05, 4.69) is 5.32 Å². The van der Waals surface area contributed by atoms with Gasteiger partial charge in [0.2, 0.25) is 0 Å². The van der Waals surface area contributed by atoms with Gasteiger partial charge in [0.1, 0.15) is 6.04 Å². The molecule has 1 amide bonds. The van der Waals surface area contributed by atoms with Crippen molar-refractivity contribution in [1.29, 1.82) is 0 Å². The summed E-state index contributed by atoms with van der Waals surface area (Å²) >= 11 is 6.02. The Hall–Kier alpha value is -1.55. The van der Waals surface area contributed by atoms with Crippen LogP contribution in [-0.2, 0) is 4.79 Å². The number of nitrogens with one attached hydrogen (secondary N) is 1. The molecule has 1 atom stereocenters. The van der Waals surface area contributed by atoms with Crippen LogP contribution in [0.1, 0.15) is 35.7 Å². The van der Waals surface area contributed by atoms with Crippen LogP contribution in [0.5, 0.6) is 0 Å². The predicted octanol–water partition coefficient (Wildman–Crippen LogP) is 2.63. The van der Waals surface area contributed by atoms with Crippen LogP contribution in [0, 0.1) is 6.92 Å². The number of amides is 1. The molecule has 2 N–H and O–H groups in total. The predicted molar refractivity (Wildman–Crippen MR) is 70.0 cm³/mol. The Labute approximate surface area is 111 Å². The van der Waals surface area contributed by atoms with Crippen LogP contribution in [0.2, 0.25) is 5.02 Å². The molecule has 1 unspecified atom stereocenters. The zero-order valence-electron chi connectivity index (χ0n) is 10.4. The van der Waals surface area contributed by atoms with E-state index in [-0.39, 0.29) is 0 Å². The van der Waals surface area contributed by atoms with Gasteiger partial charge in [-0.05, 0) is 25.0 Å². The highest BCUT2D eigenvalue weighted by molar-refractivity contribution is 6.34. The maximum atomic E-state index is 11.9. The van der Waals surface area contributed by atoms with Crippen molar-refractivity contribution in [2.24, 2.45) is 0 Å². The number of carboxylic acids is 1. The summed E-state index contributed by atoms with van der Waals surface area (Å²) in [5, 5.41) is 11.8. The molecule has 1 aromatic carbocycles. The molecule has 98 valence electrons. The first-order chi connectivity index (χ1) is 8.47. The van der Waals surface area contributed by atoms with Crippen LogP contribution < -0.4 is 5.32 Å². The van der Waals surface area contributed by atoms with Gasteiger partial charge in [0, 0.05) is 0 Å². The third-order valence-electron chi connectivity index (χ3n) is 2.62. The third-order valence-corrected chi connectivity index (χ3v) is 3.12. The van der Waals surface area contributed by atoms with Crippen molar-refractivity contribution >= 4 is 23.5 Å². The molecule has 0 aliphatic heterocycles. The average molecular weight is 270 g/mol. The van der Waals surface area contributed by atoms with Gasteiger partial charge in [-0.1, -0.05) is 37.1 Å². The van der Waals surface area contributed by atoms with E-state index < -0.39 is 17.9 Å². The van der Waals surface area contributed by atoms with Crippen molar-refractivity contribution in [1.82, 2.24) is 5.32 Å². The van der Waals surface area contributed by atoms with E-state index in [1.807, 2.05) is 6.92 Å². The van der Waals surface area contributed by atoms with E-state index in [4.69, 9.17) is 16.7 Å². The first kappa shape index (κ1) is 14.5. The number of aryl methyl sites for hydroxylation is 1. The molecule has 0 saturated heterocycles. The van der Waals surface area contributed by atoms with Gasteiger partial charge < -0.3 is 10.4 Å². The van der Waals surface area contributed by atoms with Crippen molar-refractivity contribution in [3.8, 4) is 0 Å². The van der Waals surface area contributed by atoms with Gasteiger partial charge in [0.05, 0.1) is 10.6 Å². The molecule has 0 aromatic heterocycles. The van der Waals surface area contributed by atoms with E-state index in [0.29, 0.717) is 23.4 Å². The van der Waals surface area contributed by atoms with Gasteiger partial charge in [0.15, 0.2) is 0 Å². The number of aliphatic carboxylic acids is 1. The number of benzene rings is 1. The van der Waals surface area contributed by atoms with Gasteiger partial charge in [-0.25, -0.2) is 4.79 Å². The van der Waals surface area contributed by atoms with Crippen molar-refractivity contribution in [2.75, 3.05) is 0 Å². The molecule has 0 radical (unpaired) electrons. The van der Waals surface area contributed by atoms with Crippen LogP contribution >= 0.6 is 11.6 Å². The highest BCUT2D eigenvalue weighted by Gasteiger charge is 2.21. The van der Waals surface area contributed by atoms with Crippen LogP contribution in [0.3, 0.4) is 0 Å². The third kappa shape index (κ3) is 3.47. The van der Waals surface area contributed by atoms with E-state index in [9.17, 15) is 9.59 Å². The second-order valence-electron chi connectivity index (χ2n) is 4.09. The Kier molecular flexibility index (Phi) is 5.16. The van der Waals surface area contributed by atoms with Gasteiger partial charge in [0.25, 0.3) is 5.91 Å². The van der Waals surface area contributed by atoms with Crippen LogP contribution in [-0.4, -0.2) is 23.0 Å². The number of hydrogen-bond acceptors (Lipinski definition) is 2. The fraction of sp³-hybridized carbons (Fsp3) is 0.385. The van der Waals surface area contributed by atoms with Gasteiger partial charge >= 0.3 is 5.97 Å². The SMILES string of the molecule is CCCC(NC(=O)c1cccc(C)c1Cl)C(=O)O. The summed E-state index contributed by atoms with van der Waals surface area (Å²) in [5.41, 5.74) is 1.09. The molecular weight excluding hydrogens is 254 g/mol. The second kappa shape index (κ2) is 6.40. The quantitative estimate of drug-likeness (QED) is 0.863. The Morgan fingerprint density at radius 3 is 2.67 bits per heavy atom. The second-order valence-corrected chi connectivity index (χ2v) is 4.47. The van der Waals surface area contributed by atoms with Crippen LogP contribution in [0.4, 0.5) is 0 Å². The lowest BCUT2D eigenvalue weighted by atomic mass is 10.1. The Morgan fingerprint density at radius 2 is 2.11 bits per heavy atom. The maximum absolute atomic E-state index is 11.9. The zero-order valence-corrected chi connectivity index (χ0v) is 11.1. The highest BCUT2D eigenvalue weighted by atomic mass is 35.5. The highest BCUT2D eigenvalue weighted by Crippen LogP contribution is 2.20. The van der Waals surface area contributed by atoms with Crippen molar-refractivity contribution in [2.45, 2.75) is 32.7 Å². The van der Waals surface area contributed by atoms with E-state index in [0.717, 1.165) is 5.56 Å². The lowest BCUT2D eigenvalue weighted by Crippen LogP contribution is -2.40. The maximum Gasteiger partial charge on any atom is 0.326 e. The summed E-state index contributed by atoms with van der Waals surface area (Å²) in [7, 11) is 0. The lowest BCUT2D eigenvalue weighted by molar-refractivity contribution is -0.139. The van der Waals surface area contributed by atoms with E-state index in [1.165, 1.54) is 0 Å². The van der Waals surface area contributed by atoms with E-state index in [1.54, 1.807) is 25.1 Å². The van der Waals surface area contributed by atoms with Gasteiger partial charge in [-0.15, -0.1) is 0 Å². The molecule has 0 fully saturated rings. The van der Waals surface area contributed by atoms with Crippen molar-refractivity contribution < 1.29 is 14.7 Å². The summed E-state index contributed by atoms with van der Waals surface area (Å²) in [4.78, 5) is 22.9. The van der Waals surface area contributed by atoms with Gasteiger partial charge in [-0.2, -0.15) is 0 Å². The number of carbonyl (C=O) groups excluding carboxylic acids is 1. The number of carbonyl (C=O) groups is 2. The summed E-state index contributed by atoms with van der Waals surface area (Å²) in [6, 6.07) is 4.21. The summed E-state index contributed by atoms with van der Waals surface area (Å²) in [5.74, 6) is -1.49. The number of carboxylic acid groups (broad SMARTS) is 1.